The van der Waals surface area contributed by atoms with Crippen LogP contribution < -0.4 is 5.32 Å². The molecule has 0 radical (unpaired) electrons. The second-order valence-electron chi connectivity index (χ2n) is 5.07. The third kappa shape index (κ3) is 4.35. The molecule has 2 rings (SSSR count). The van der Waals surface area contributed by atoms with Gasteiger partial charge in [-0.25, -0.2) is 14.2 Å². The first-order valence-corrected chi connectivity index (χ1v) is 7.38. The van der Waals surface area contributed by atoms with Crippen molar-refractivity contribution in [3.05, 3.63) is 35.6 Å². The summed E-state index contributed by atoms with van der Waals surface area (Å²) in [5.74, 6) is -1.64. The fourth-order valence-corrected chi connectivity index (χ4v) is 2.41. The number of carbonyl (C=O) groups excluding carboxylic acids is 2. The topological polar surface area (TPSA) is 77.0 Å². The molecule has 0 saturated heterocycles. The van der Waals surface area contributed by atoms with E-state index < -0.39 is 29.8 Å². The van der Waals surface area contributed by atoms with Crippen LogP contribution in [0.3, 0.4) is 0 Å². The average molecular weight is 322 g/mol. The number of amides is 2. The van der Waals surface area contributed by atoms with E-state index in [4.69, 9.17) is 9.47 Å². The lowest BCUT2D eigenvalue weighted by molar-refractivity contribution is -0.148. The monoisotopic (exact) mass is 322 g/mol. The molecule has 2 atom stereocenters. The summed E-state index contributed by atoms with van der Waals surface area (Å²) in [7, 11) is 0. The van der Waals surface area contributed by atoms with Gasteiger partial charge in [0.2, 0.25) is 0 Å². The highest BCUT2D eigenvalue weighted by Gasteiger charge is 2.37. The zero-order valence-electron chi connectivity index (χ0n) is 13.0. The Hall–Kier alpha value is -2.28. The van der Waals surface area contributed by atoms with Crippen molar-refractivity contribution in [2.75, 3.05) is 19.8 Å². The van der Waals surface area contributed by atoms with Gasteiger partial charge in [0.15, 0.2) is 0 Å². The molecule has 0 saturated carbocycles. The number of aliphatic imine (C=N–C) groups is 1. The van der Waals surface area contributed by atoms with Crippen molar-refractivity contribution >= 4 is 17.7 Å². The summed E-state index contributed by atoms with van der Waals surface area (Å²) >= 11 is 0. The minimum Gasteiger partial charge on any atom is -0.463 e. The quantitative estimate of drug-likeness (QED) is 0.644. The molecule has 0 spiro atoms. The van der Waals surface area contributed by atoms with Crippen molar-refractivity contribution in [2.24, 2.45) is 10.9 Å². The van der Waals surface area contributed by atoms with E-state index in [0.29, 0.717) is 24.5 Å². The summed E-state index contributed by atoms with van der Waals surface area (Å²) in [6, 6.07) is 4.44. The Morgan fingerprint density at radius 2 is 2.00 bits per heavy atom. The normalized spacial score (nSPS) is 20.7. The maximum absolute atomic E-state index is 13.1. The third-order valence-corrected chi connectivity index (χ3v) is 3.50. The molecular weight excluding hydrogens is 303 g/mol. The van der Waals surface area contributed by atoms with E-state index in [9.17, 15) is 14.0 Å². The Labute approximate surface area is 133 Å². The minimum atomic E-state index is -0.750. The molecule has 1 aliphatic heterocycles. The largest absolute Gasteiger partial charge is 0.463 e. The van der Waals surface area contributed by atoms with E-state index in [1.807, 2.05) is 6.92 Å². The maximum atomic E-state index is 13.1. The standard InChI is InChI=1S/C16H19FN2O4/c1-3-22-8-9-23-15(20)13-10(2)18-16(21)19-14(13)11-4-6-12(17)7-5-11/h4-7,13-14H,3,8-9H2,1-2H3,(H,19,21). The summed E-state index contributed by atoms with van der Waals surface area (Å²) in [6.45, 7) is 4.42. The van der Waals surface area contributed by atoms with Crippen LogP contribution in [0.4, 0.5) is 9.18 Å². The van der Waals surface area contributed by atoms with Crippen LogP contribution in [0.25, 0.3) is 0 Å². The lowest BCUT2D eigenvalue weighted by Crippen LogP contribution is -2.44. The molecular formula is C16H19FN2O4. The van der Waals surface area contributed by atoms with E-state index in [-0.39, 0.29) is 6.61 Å². The van der Waals surface area contributed by atoms with Crippen molar-refractivity contribution in [3.63, 3.8) is 0 Å². The van der Waals surface area contributed by atoms with E-state index in [1.165, 1.54) is 24.3 Å². The first-order valence-electron chi connectivity index (χ1n) is 7.38. The Morgan fingerprint density at radius 3 is 2.65 bits per heavy atom. The van der Waals surface area contributed by atoms with Crippen LogP contribution in [0, 0.1) is 11.7 Å². The number of halogens is 1. The first-order chi connectivity index (χ1) is 11.0. The van der Waals surface area contributed by atoms with Gasteiger partial charge < -0.3 is 14.8 Å². The average Bonchev–Trinajstić information content (AvgIpc) is 2.51. The van der Waals surface area contributed by atoms with Crippen molar-refractivity contribution in [1.29, 1.82) is 0 Å². The number of nitrogens with one attached hydrogen (secondary N) is 1. The number of hydrogen-bond donors (Lipinski definition) is 1. The van der Waals surface area contributed by atoms with E-state index in [2.05, 4.69) is 10.3 Å². The molecule has 1 aromatic carbocycles. The van der Waals surface area contributed by atoms with E-state index in [1.54, 1.807) is 6.92 Å². The second-order valence-corrected chi connectivity index (χ2v) is 5.07. The van der Waals surface area contributed by atoms with Gasteiger partial charge in [0.1, 0.15) is 18.3 Å². The second kappa shape index (κ2) is 7.82. The zero-order chi connectivity index (χ0) is 16.8. The van der Waals surface area contributed by atoms with Crippen LogP contribution in [0.1, 0.15) is 25.5 Å². The van der Waals surface area contributed by atoms with Crippen molar-refractivity contribution < 1.29 is 23.5 Å². The molecule has 23 heavy (non-hydrogen) atoms. The summed E-state index contributed by atoms with van der Waals surface area (Å²) in [5, 5.41) is 2.63. The Morgan fingerprint density at radius 1 is 1.30 bits per heavy atom. The lowest BCUT2D eigenvalue weighted by Gasteiger charge is -2.29. The Kier molecular flexibility index (Phi) is 5.81. The molecule has 0 aromatic heterocycles. The van der Waals surface area contributed by atoms with Gasteiger partial charge in [-0.05, 0) is 31.5 Å². The van der Waals surface area contributed by atoms with E-state index in [0.717, 1.165) is 0 Å². The molecule has 1 heterocycles. The molecule has 0 bridgehead atoms. The highest BCUT2D eigenvalue weighted by Crippen LogP contribution is 2.28. The van der Waals surface area contributed by atoms with Gasteiger partial charge in [-0.15, -0.1) is 0 Å². The maximum Gasteiger partial charge on any atom is 0.341 e. The van der Waals surface area contributed by atoms with Gasteiger partial charge in [0.25, 0.3) is 0 Å². The lowest BCUT2D eigenvalue weighted by atomic mass is 9.88. The van der Waals surface area contributed by atoms with Gasteiger partial charge in [0.05, 0.1) is 12.6 Å². The summed E-state index contributed by atoms with van der Waals surface area (Å²) in [5.41, 5.74) is 0.977. The molecule has 2 amide bonds. The molecule has 124 valence electrons. The van der Waals surface area contributed by atoms with Crippen molar-refractivity contribution in [3.8, 4) is 0 Å². The molecule has 1 aliphatic rings. The molecule has 1 aromatic rings. The van der Waals surface area contributed by atoms with Gasteiger partial charge in [-0.3, -0.25) is 4.79 Å². The fraction of sp³-hybridized carbons (Fsp3) is 0.438. The van der Waals surface area contributed by atoms with Gasteiger partial charge >= 0.3 is 12.0 Å². The molecule has 0 aliphatic carbocycles. The molecule has 1 N–H and O–H groups in total. The predicted octanol–water partition coefficient (Wildman–Crippen LogP) is 2.25. The zero-order valence-corrected chi connectivity index (χ0v) is 13.0. The summed E-state index contributed by atoms with van der Waals surface area (Å²) < 4.78 is 23.4. The van der Waals surface area contributed by atoms with Crippen molar-refractivity contribution in [1.82, 2.24) is 5.32 Å². The van der Waals surface area contributed by atoms with Crippen LogP contribution in [0.15, 0.2) is 29.3 Å². The molecule has 0 fully saturated rings. The summed E-state index contributed by atoms with van der Waals surface area (Å²) in [6.07, 6.45) is 0. The Balaban J connectivity index is 2.17. The fourth-order valence-electron chi connectivity index (χ4n) is 2.41. The highest BCUT2D eigenvalue weighted by atomic mass is 19.1. The van der Waals surface area contributed by atoms with Crippen LogP contribution >= 0.6 is 0 Å². The number of ether oxygens (including phenoxy) is 2. The predicted molar refractivity (Wildman–Crippen MR) is 81.7 cm³/mol. The molecule has 2 unspecified atom stereocenters. The van der Waals surface area contributed by atoms with Gasteiger partial charge in [0, 0.05) is 12.3 Å². The number of esters is 1. The number of urea groups is 1. The van der Waals surface area contributed by atoms with Gasteiger partial charge in [-0.1, -0.05) is 12.1 Å². The van der Waals surface area contributed by atoms with Crippen LogP contribution in [0.5, 0.6) is 0 Å². The van der Waals surface area contributed by atoms with Gasteiger partial charge in [-0.2, -0.15) is 0 Å². The first kappa shape index (κ1) is 17.1. The van der Waals surface area contributed by atoms with E-state index >= 15 is 0 Å². The third-order valence-electron chi connectivity index (χ3n) is 3.50. The number of carbonyl (C=O) groups is 2. The van der Waals surface area contributed by atoms with Crippen LogP contribution in [-0.4, -0.2) is 37.5 Å². The number of rotatable bonds is 6. The highest BCUT2D eigenvalue weighted by molar-refractivity contribution is 6.08. The minimum absolute atomic E-state index is 0.126. The number of nitrogens with zero attached hydrogens (tertiary/aromatic N) is 1. The van der Waals surface area contributed by atoms with Crippen LogP contribution in [-0.2, 0) is 14.3 Å². The van der Waals surface area contributed by atoms with Crippen LogP contribution in [0.2, 0.25) is 0 Å². The number of hydrogen-bond acceptors (Lipinski definition) is 4. The smallest absolute Gasteiger partial charge is 0.341 e. The Bertz CT molecular complexity index is 601. The molecule has 7 heteroatoms. The number of benzene rings is 1. The molecule has 6 nitrogen and oxygen atoms in total. The summed E-state index contributed by atoms with van der Waals surface area (Å²) in [4.78, 5) is 27.8. The SMILES string of the molecule is CCOCCOC(=O)C1C(C)=NC(=O)NC1c1ccc(F)cc1. The van der Waals surface area contributed by atoms with Crippen molar-refractivity contribution in [2.45, 2.75) is 19.9 Å².